The third-order valence-corrected chi connectivity index (χ3v) is 3.99. The maximum Gasteiger partial charge on any atom is 0.306 e. The normalized spacial score (nSPS) is 12.1. The molecule has 0 aliphatic rings. The fourth-order valence-electron chi connectivity index (χ4n) is 1.25. The minimum absolute atomic E-state index is 0.0312. The number of aliphatic carboxylic acids is 1. The molecule has 4 nitrogen and oxygen atoms in total. The van der Waals surface area contributed by atoms with Crippen molar-refractivity contribution in [3.63, 3.8) is 0 Å². The molecule has 0 aliphatic carbocycles. The maximum atomic E-state index is 11.4. The summed E-state index contributed by atoms with van der Waals surface area (Å²) >= 11 is 4.99. The van der Waals surface area contributed by atoms with Gasteiger partial charge in [0.2, 0.25) is 5.91 Å². The molecule has 0 spiro atoms. The zero-order valence-corrected chi connectivity index (χ0v) is 11.8. The Bertz CT molecular complexity index is 405. The van der Waals surface area contributed by atoms with E-state index in [0.717, 1.165) is 10.9 Å². The summed E-state index contributed by atoms with van der Waals surface area (Å²) in [6.45, 7) is 2.07. The second-order valence-corrected chi connectivity index (χ2v) is 5.69. The van der Waals surface area contributed by atoms with E-state index in [1.54, 1.807) is 11.3 Å². The number of carboxylic acid groups (broad SMARTS) is 1. The number of amides is 1. The molecule has 1 aromatic rings. The largest absolute Gasteiger partial charge is 0.481 e. The van der Waals surface area contributed by atoms with E-state index in [4.69, 9.17) is 5.11 Å². The molecule has 0 fully saturated rings. The van der Waals surface area contributed by atoms with Gasteiger partial charge in [-0.25, -0.2) is 0 Å². The van der Waals surface area contributed by atoms with E-state index in [-0.39, 0.29) is 12.3 Å². The Morgan fingerprint density at radius 1 is 1.59 bits per heavy atom. The van der Waals surface area contributed by atoms with Crippen molar-refractivity contribution in [1.82, 2.24) is 5.32 Å². The van der Waals surface area contributed by atoms with Crippen molar-refractivity contribution in [3.05, 3.63) is 20.8 Å². The van der Waals surface area contributed by atoms with Crippen LogP contribution in [0.4, 0.5) is 0 Å². The van der Waals surface area contributed by atoms with Crippen LogP contribution < -0.4 is 5.32 Å². The predicted octanol–water partition coefficient (Wildman–Crippen LogP) is 2.28. The van der Waals surface area contributed by atoms with Crippen molar-refractivity contribution in [3.8, 4) is 0 Å². The average molecular weight is 320 g/mol. The summed E-state index contributed by atoms with van der Waals surface area (Å²) in [5, 5.41) is 13.4. The number of carbonyl (C=O) groups is 2. The van der Waals surface area contributed by atoms with Crippen molar-refractivity contribution in [2.75, 3.05) is 6.54 Å². The molecule has 0 radical (unpaired) electrons. The van der Waals surface area contributed by atoms with Crippen LogP contribution >= 0.6 is 27.3 Å². The molecular weight excluding hydrogens is 306 g/mol. The van der Waals surface area contributed by atoms with Gasteiger partial charge in [0.05, 0.1) is 5.92 Å². The molecule has 2 N–H and O–H groups in total. The van der Waals surface area contributed by atoms with E-state index < -0.39 is 11.9 Å². The van der Waals surface area contributed by atoms with Gasteiger partial charge in [-0.05, 0) is 28.4 Å². The molecule has 0 aliphatic heterocycles. The minimum atomic E-state index is -0.942. The van der Waals surface area contributed by atoms with Gasteiger partial charge < -0.3 is 10.4 Å². The topological polar surface area (TPSA) is 66.4 Å². The highest BCUT2D eigenvalue weighted by Gasteiger charge is 2.15. The molecular formula is C11H14BrNO3S. The number of hydrogen-bond acceptors (Lipinski definition) is 3. The Kier molecular flexibility index (Phi) is 5.64. The zero-order chi connectivity index (χ0) is 12.8. The highest BCUT2D eigenvalue weighted by molar-refractivity contribution is 9.10. The van der Waals surface area contributed by atoms with Gasteiger partial charge in [0.1, 0.15) is 0 Å². The Labute approximate surface area is 112 Å². The molecule has 17 heavy (non-hydrogen) atoms. The Hall–Kier alpha value is -0.880. The lowest BCUT2D eigenvalue weighted by Crippen LogP contribution is -2.28. The fraction of sp³-hybridized carbons (Fsp3) is 0.455. The van der Waals surface area contributed by atoms with E-state index in [0.29, 0.717) is 6.54 Å². The predicted molar refractivity (Wildman–Crippen MR) is 70.1 cm³/mol. The van der Waals surface area contributed by atoms with Crippen molar-refractivity contribution >= 4 is 39.1 Å². The minimum Gasteiger partial charge on any atom is -0.481 e. The Balaban J connectivity index is 2.22. The van der Waals surface area contributed by atoms with Crippen LogP contribution in [0.1, 0.15) is 18.2 Å². The van der Waals surface area contributed by atoms with Gasteiger partial charge in [0.15, 0.2) is 0 Å². The van der Waals surface area contributed by atoms with Gasteiger partial charge in [-0.2, -0.15) is 0 Å². The second-order valence-electron chi connectivity index (χ2n) is 3.77. The lowest BCUT2D eigenvalue weighted by Gasteiger charge is -2.06. The summed E-state index contributed by atoms with van der Waals surface area (Å²) in [5.41, 5.74) is 0. The quantitative estimate of drug-likeness (QED) is 0.845. The highest BCUT2D eigenvalue weighted by Crippen LogP contribution is 2.19. The number of hydrogen-bond donors (Lipinski definition) is 2. The number of carbonyl (C=O) groups excluding carboxylic acids is 1. The van der Waals surface area contributed by atoms with E-state index in [1.165, 1.54) is 11.8 Å². The van der Waals surface area contributed by atoms with Gasteiger partial charge >= 0.3 is 5.97 Å². The number of carboxylic acids is 1. The molecule has 1 unspecified atom stereocenters. The van der Waals surface area contributed by atoms with Crippen LogP contribution in [-0.4, -0.2) is 23.5 Å². The van der Waals surface area contributed by atoms with Crippen molar-refractivity contribution in [2.45, 2.75) is 19.8 Å². The lowest BCUT2D eigenvalue weighted by molar-refractivity contribution is -0.143. The number of halogens is 1. The zero-order valence-electron chi connectivity index (χ0n) is 9.40. The van der Waals surface area contributed by atoms with Gasteiger partial charge in [-0.15, -0.1) is 11.3 Å². The molecule has 1 rings (SSSR count). The third-order valence-electron chi connectivity index (χ3n) is 2.23. The van der Waals surface area contributed by atoms with Crippen LogP contribution in [0.3, 0.4) is 0 Å². The van der Waals surface area contributed by atoms with E-state index in [2.05, 4.69) is 21.2 Å². The average Bonchev–Trinajstić information content (AvgIpc) is 2.64. The summed E-state index contributed by atoms with van der Waals surface area (Å²) in [4.78, 5) is 23.1. The summed E-state index contributed by atoms with van der Waals surface area (Å²) in [5.74, 6) is -1.79. The smallest absolute Gasteiger partial charge is 0.306 e. The molecule has 0 bridgehead atoms. The monoisotopic (exact) mass is 319 g/mol. The molecule has 1 atom stereocenters. The van der Waals surface area contributed by atoms with Crippen molar-refractivity contribution < 1.29 is 14.7 Å². The number of thiophene rings is 1. The molecule has 0 saturated carbocycles. The van der Waals surface area contributed by atoms with Crippen LogP contribution in [0.2, 0.25) is 0 Å². The van der Waals surface area contributed by atoms with Gasteiger partial charge in [0, 0.05) is 27.7 Å². The van der Waals surface area contributed by atoms with E-state index >= 15 is 0 Å². The molecule has 6 heteroatoms. The van der Waals surface area contributed by atoms with Crippen LogP contribution in [0, 0.1) is 5.92 Å². The molecule has 0 aromatic carbocycles. The van der Waals surface area contributed by atoms with Crippen LogP contribution in [0.5, 0.6) is 0 Å². The molecule has 94 valence electrons. The summed E-state index contributed by atoms with van der Waals surface area (Å²) in [6, 6.07) is 2.01. The van der Waals surface area contributed by atoms with Gasteiger partial charge in [-0.1, -0.05) is 6.92 Å². The van der Waals surface area contributed by atoms with Gasteiger partial charge in [-0.3, -0.25) is 9.59 Å². The fourth-order valence-corrected chi connectivity index (χ4v) is 2.70. The molecule has 1 aromatic heterocycles. The molecule has 0 saturated heterocycles. The lowest BCUT2D eigenvalue weighted by atomic mass is 10.1. The first-order valence-electron chi connectivity index (χ1n) is 5.21. The Morgan fingerprint density at radius 2 is 2.29 bits per heavy atom. The molecule has 1 amide bonds. The highest BCUT2D eigenvalue weighted by atomic mass is 79.9. The standard InChI is InChI=1S/C11H14BrNO3S/c1-7(11(15)16)4-10(14)13-3-2-9-5-8(12)6-17-9/h5-7H,2-4H2,1H3,(H,13,14)(H,15,16). The maximum absolute atomic E-state index is 11.4. The molecule has 1 heterocycles. The Morgan fingerprint density at radius 3 is 2.82 bits per heavy atom. The van der Waals surface area contributed by atoms with Crippen LogP contribution in [-0.2, 0) is 16.0 Å². The summed E-state index contributed by atoms with van der Waals surface area (Å²) in [6.07, 6.45) is 0.799. The van der Waals surface area contributed by atoms with Crippen LogP contribution in [0.15, 0.2) is 15.9 Å². The SMILES string of the molecule is CC(CC(=O)NCCc1cc(Br)cs1)C(=O)O. The van der Waals surface area contributed by atoms with Gasteiger partial charge in [0.25, 0.3) is 0 Å². The van der Waals surface area contributed by atoms with E-state index in [1.807, 2.05) is 11.4 Å². The van der Waals surface area contributed by atoms with Crippen molar-refractivity contribution in [2.24, 2.45) is 5.92 Å². The summed E-state index contributed by atoms with van der Waals surface area (Å²) < 4.78 is 1.04. The summed E-state index contributed by atoms with van der Waals surface area (Å²) in [7, 11) is 0. The van der Waals surface area contributed by atoms with Crippen molar-refractivity contribution in [1.29, 1.82) is 0 Å². The third kappa shape index (κ3) is 5.32. The number of nitrogens with one attached hydrogen (secondary N) is 1. The van der Waals surface area contributed by atoms with Crippen LogP contribution in [0.25, 0.3) is 0 Å². The first kappa shape index (κ1) is 14.2. The second kappa shape index (κ2) is 6.76. The van der Waals surface area contributed by atoms with E-state index in [9.17, 15) is 9.59 Å². The first-order valence-corrected chi connectivity index (χ1v) is 6.88. The number of rotatable bonds is 6. The first-order chi connectivity index (χ1) is 7.99.